The van der Waals surface area contributed by atoms with Gasteiger partial charge in [-0.15, -0.1) is 0 Å². The van der Waals surface area contributed by atoms with Gasteiger partial charge in [0.25, 0.3) is 0 Å². The van der Waals surface area contributed by atoms with Crippen molar-refractivity contribution in [3.05, 3.63) is 48.0 Å². The van der Waals surface area contributed by atoms with Crippen molar-refractivity contribution in [2.24, 2.45) is 0 Å². The number of esters is 1. The molecule has 0 radical (unpaired) electrons. The first kappa shape index (κ1) is 18.0. The maximum Gasteiger partial charge on any atom is 0.373 e. The summed E-state index contributed by atoms with van der Waals surface area (Å²) in [6, 6.07) is 9.27. The molecule has 8 nitrogen and oxygen atoms in total. The highest BCUT2D eigenvalue weighted by atomic mass is 16.6. The fourth-order valence-corrected chi connectivity index (χ4v) is 3.43. The summed E-state index contributed by atoms with van der Waals surface area (Å²) in [6.07, 6.45) is 1.80. The Morgan fingerprint density at radius 2 is 2.00 bits per heavy atom. The highest BCUT2D eigenvalue weighted by Crippen LogP contribution is 2.23. The van der Waals surface area contributed by atoms with Crippen LogP contribution in [0.15, 0.2) is 40.9 Å². The van der Waals surface area contributed by atoms with Gasteiger partial charge in [0.05, 0.1) is 45.1 Å². The number of fused-ring (bicyclic) bond motifs is 1. The third-order valence-electron chi connectivity index (χ3n) is 4.76. The molecule has 0 bridgehead atoms. The number of carbonyl (C=O) groups is 1. The highest BCUT2D eigenvalue weighted by molar-refractivity contribution is 5.86. The Morgan fingerprint density at radius 3 is 2.67 bits per heavy atom. The van der Waals surface area contributed by atoms with Crippen LogP contribution < -0.4 is 5.32 Å². The van der Waals surface area contributed by atoms with Gasteiger partial charge >= 0.3 is 5.97 Å². The number of pyridine rings is 1. The second-order valence-corrected chi connectivity index (χ2v) is 6.75. The first-order valence-electron chi connectivity index (χ1n) is 9.01. The molecule has 2 aliphatic heterocycles. The van der Waals surface area contributed by atoms with Gasteiger partial charge in [0.2, 0.25) is 5.76 Å². The average Bonchev–Trinajstić information content (AvgIpc) is 3.27. The Bertz CT molecular complexity index is 750. The van der Waals surface area contributed by atoms with E-state index in [0.717, 1.165) is 24.7 Å². The summed E-state index contributed by atoms with van der Waals surface area (Å²) >= 11 is 0. The number of methoxy groups -OCH3 is 1. The number of nitrogens with one attached hydrogen (secondary N) is 1. The summed E-state index contributed by atoms with van der Waals surface area (Å²) < 4.78 is 22.4. The molecule has 0 spiro atoms. The molecule has 2 aromatic heterocycles. The molecule has 2 atom stereocenters. The lowest BCUT2D eigenvalue weighted by molar-refractivity contribution is -0.00461. The minimum atomic E-state index is -0.467. The van der Waals surface area contributed by atoms with E-state index in [4.69, 9.17) is 13.9 Å². The second kappa shape index (κ2) is 8.08. The van der Waals surface area contributed by atoms with E-state index in [1.165, 1.54) is 7.11 Å². The zero-order valence-electron chi connectivity index (χ0n) is 15.2. The van der Waals surface area contributed by atoms with Crippen LogP contribution in [0.2, 0.25) is 0 Å². The predicted octanol–water partition coefficient (Wildman–Crippen LogP) is 1.54. The molecule has 0 aromatic carbocycles. The Labute approximate surface area is 157 Å². The van der Waals surface area contributed by atoms with Gasteiger partial charge in [-0.05, 0) is 24.3 Å². The quantitative estimate of drug-likeness (QED) is 0.790. The third kappa shape index (κ3) is 4.29. The molecule has 0 aliphatic carbocycles. The van der Waals surface area contributed by atoms with E-state index in [2.05, 4.69) is 19.9 Å². The van der Waals surface area contributed by atoms with Crippen molar-refractivity contribution in [2.75, 3.05) is 38.7 Å². The SMILES string of the molecule is COC(=O)c1ccc(CN2C[C@@H]3OCC(Nc4ccccn4)CO[C@H]3C2)o1. The fraction of sp³-hybridized carbons (Fsp3) is 0.474. The minimum absolute atomic E-state index is 0.0237. The molecule has 8 heteroatoms. The van der Waals surface area contributed by atoms with Gasteiger partial charge in [-0.25, -0.2) is 9.78 Å². The Balaban J connectivity index is 1.29. The zero-order valence-corrected chi connectivity index (χ0v) is 15.2. The van der Waals surface area contributed by atoms with Crippen molar-refractivity contribution in [2.45, 2.75) is 24.8 Å². The van der Waals surface area contributed by atoms with E-state index in [1.54, 1.807) is 18.3 Å². The molecule has 0 amide bonds. The highest BCUT2D eigenvalue weighted by Gasteiger charge is 2.37. The van der Waals surface area contributed by atoms with Crippen LogP contribution in [0.5, 0.6) is 0 Å². The summed E-state index contributed by atoms with van der Waals surface area (Å²) in [5, 5.41) is 3.35. The van der Waals surface area contributed by atoms with Crippen LogP contribution >= 0.6 is 0 Å². The number of ether oxygens (including phenoxy) is 3. The first-order valence-corrected chi connectivity index (χ1v) is 9.01. The van der Waals surface area contributed by atoms with Crippen molar-refractivity contribution in [1.29, 1.82) is 0 Å². The van der Waals surface area contributed by atoms with Crippen LogP contribution in [0, 0.1) is 0 Å². The van der Waals surface area contributed by atoms with E-state index in [1.807, 2.05) is 18.2 Å². The van der Waals surface area contributed by atoms with Crippen molar-refractivity contribution in [1.82, 2.24) is 9.88 Å². The lowest BCUT2D eigenvalue weighted by atomic mass is 10.3. The molecule has 0 unspecified atom stereocenters. The van der Waals surface area contributed by atoms with Gasteiger partial charge in [0.1, 0.15) is 11.6 Å². The predicted molar refractivity (Wildman–Crippen MR) is 96.5 cm³/mol. The van der Waals surface area contributed by atoms with Crippen LogP contribution in [0.3, 0.4) is 0 Å². The molecule has 4 rings (SSSR count). The summed E-state index contributed by atoms with van der Waals surface area (Å²) in [4.78, 5) is 18.0. The van der Waals surface area contributed by atoms with Crippen LogP contribution in [0.1, 0.15) is 16.3 Å². The van der Waals surface area contributed by atoms with Gasteiger partial charge in [-0.3, -0.25) is 4.90 Å². The molecular formula is C19H23N3O5. The molecular weight excluding hydrogens is 350 g/mol. The maximum absolute atomic E-state index is 11.5. The minimum Gasteiger partial charge on any atom is -0.463 e. The van der Waals surface area contributed by atoms with Crippen LogP contribution in [-0.2, 0) is 20.8 Å². The maximum atomic E-state index is 11.5. The number of hydrogen-bond acceptors (Lipinski definition) is 8. The third-order valence-corrected chi connectivity index (χ3v) is 4.76. The van der Waals surface area contributed by atoms with Crippen LogP contribution in [0.4, 0.5) is 5.82 Å². The lowest BCUT2D eigenvalue weighted by Crippen LogP contribution is -2.31. The normalized spacial score (nSPS) is 23.6. The summed E-state index contributed by atoms with van der Waals surface area (Å²) in [5.41, 5.74) is 0. The van der Waals surface area contributed by atoms with Crippen LogP contribution in [0.25, 0.3) is 0 Å². The van der Waals surface area contributed by atoms with Gasteiger partial charge in [0.15, 0.2) is 0 Å². The lowest BCUT2D eigenvalue weighted by Gasteiger charge is -2.18. The summed E-state index contributed by atoms with van der Waals surface area (Å²) in [7, 11) is 1.34. The number of aromatic nitrogens is 1. The Morgan fingerprint density at radius 1 is 1.22 bits per heavy atom. The standard InChI is InChI=1S/C19H23N3O5/c1-24-19(23)15-6-5-14(27-15)8-22-9-16-17(10-22)26-12-13(11-25-16)21-18-4-2-3-7-20-18/h2-7,13,16-17H,8-12H2,1H3,(H,20,21)/t16-,17-/m0/s1. The average molecular weight is 373 g/mol. The molecule has 1 N–H and O–H groups in total. The number of nitrogens with zero attached hydrogens (tertiary/aromatic N) is 2. The smallest absolute Gasteiger partial charge is 0.373 e. The molecule has 144 valence electrons. The van der Waals surface area contributed by atoms with Gasteiger partial charge in [-0.2, -0.15) is 0 Å². The molecule has 2 aliphatic rings. The van der Waals surface area contributed by atoms with Gasteiger partial charge < -0.3 is 23.9 Å². The number of furan rings is 1. The second-order valence-electron chi connectivity index (χ2n) is 6.75. The largest absolute Gasteiger partial charge is 0.463 e. The Kier molecular flexibility index (Phi) is 5.38. The monoisotopic (exact) mass is 373 g/mol. The number of hydrogen-bond donors (Lipinski definition) is 1. The van der Waals surface area contributed by atoms with E-state index in [9.17, 15) is 4.79 Å². The summed E-state index contributed by atoms with van der Waals surface area (Å²) in [6.45, 7) is 3.26. The number of rotatable bonds is 5. The number of carbonyl (C=O) groups excluding carboxylic acids is 1. The van der Waals surface area contributed by atoms with Crippen molar-refractivity contribution in [3.63, 3.8) is 0 Å². The van der Waals surface area contributed by atoms with Crippen molar-refractivity contribution < 1.29 is 23.4 Å². The van der Waals surface area contributed by atoms with Crippen molar-refractivity contribution in [3.8, 4) is 0 Å². The number of likely N-dealkylation sites (tertiary alicyclic amines) is 1. The van der Waals surface area contributed by atoms with E-state index >= 15 is 0 Å². The zero-order chi connectivity index (χ0) is 18.6. The van der Waals surface area contributed by atoms with Gasteiger partial charge in [0, 0.05) is 19.3 Å². The summed E-state index contributed by atoms with van der Waals surface area (Å²) in [5.74, 6) is 1.30. The molecule has 2 aromatic rings. The van der Waals surface area contributed by atoms with E-state index < -0.39 is 5.97 Å². The molecule has 4 heterocycles. The molecule has 27 heavy (non-hydrogen) atoms. The number of anilines is 1. The van der Waals surface area contributed by atoms with Gasteiger partial charge in [-0.1, -0.05) is 6.07 Å². The van der Waals surface area contributed by atoms with E-state index in [-0.39, 0.29) is 24.0 Å². The molecule has 2 fully saturated rings. The van der Waals surface area contributed by atoms with Crippen LogP contribution in [-0.4, -0.2) is 67.5 Å². The first-order chi connectivity index (χ1) is 13.2. The molecule has 2 saturated heterocycles. The van der Waals surface area contributed by atoms with Crippen molar-refractivity contribution >= 4 is 11.8 Å². The Hall–Kier alpha value is -2.42. The fourth-order valence-electron chi connectivity index (χ4n) is 3.43. The topological polar surface area (TPSA) is 86.1 Å². The van der Waals surface area contributed by atoms with E-state index in [0.29, 0.717) is 19.8 Å². The molecule has 0 saturated carbocycles.